The molecule has 1 unspecified atom stereocenters. The Hall–Kier alpha value is -3.82. The molecule has 3 aromatic heterocycles. The maximum Gasteiger partial charge on any atom is 0.407 e. The second-order valence-corrected chi connectivity index (χ2v) is 7.53. The van der Waals surface area contributed by atoms with E-state index >= 15 is 0 Å². The molecule has 4 rings (SSSR count). The number of methoxy groups -OCH3 is 1. The zero-order chi connectivity index (χ0) is 22.1. The van der Waals surface area contributed by atoms with Gasteiger partial charge < -0.3 is 29.4 Å². The van der Waals surface area contributed by atoms with E-state index in [4.69, 9.17) is 4.74 Å². The average Bonchev–Trinajstić information content (AvgIpc) is 3.11. The van der Waals surface area contributed by atoms with Gasteiger partial charge in [-0.15, -0.1) is 0 Å². The minimum atomic E-state index is -0.900. The molecule has 162 valence electrons. The van der Waals surface area contributed by atoms with E-state index in [1.54, 1.807) is 28.9 Å². The number of hydrogen-bond acceptors (Lipinski definition) is 6. The number of amides is 2. The third-order valence-corrected chi connectivity index (χ3v) is 5.37. The smallest absolute Gasteiger partial charge is 0.407 e. The number of fused-ring (bicyclic) bond motifs is 1. The lowest BCUT2D eigenvalue weighted by Gasteiger charge is -2.39. The minimum Gasteiger partial charge on any atom is -0.496 e. The summed E-state index contributed by atoms with van der Waals surface area (Å²) in [5.74, 6) is 0.501. The number of carbonyl (C=O) groups excluding carboxylic acids is 1. The molecule has 0 aromatic carbocycles. The van der Waals surface area contributed by atoms with Crippen molar-refractivity contribution in [1.29, 1.82) is 0 Å². The lowest BCUT2D eigenvalue weighted by atomic mass is 10.2. The number of anilines is 2. The summed E-state index contributed by atoms with van der Waals surface area (Å²) in [7, 11) is 1.51. The number of aromatic nitrogens is 3. The van der Waals surface area contributed by atoms with E-state index in [-0.39, 0.29) is 11.9 Å². The molecule has 10 nitrogen and oxygen atoms in total. The summed E-state index contributed by atoms with van der Waals surface area (Å²) >= 11 is 0. The molecule has 4 heterocycles. The molecule has 2 amide bonds. The Labute approximate surface area is 179 Å². The van der Waals surface area contributed by atoms with E-state index in [1.807, 2.05) is 26.1 Å². The second kappa shape index (κ2) is 8.13. The highest BCUT2D eigenvalue weighted by molar-refractivity contribution is 6.05. The molecule has 10 heteroatoms. The van der Waals surface area contributed by atoms with Crippen LogP contribution in [0.15, 0.2) is 36.8 Å². The van der Waals surface area contributed by atoms with Crippen LogP contribution in [-0.2, 0) is 0 Å². The largest absolute Gasteiger partial charge is 0.496 e. The summed E-state index contributed by atoms with van der Waals surface area (Å²) in [6, 6.07) is 5.20. The van der Waals surface area contributed by atoms with Crippen LogP contribution in [0.5, 0.6) is 5.75 Å². The topological polar surface area (TPSA) is 112 Å². The molecule has 1 saturated heterocycles. The lowest BCUT2D eigenvalue weighted by Crippen LogP contribution is -2.53. The molecule has 0 saturated carbocycles. The van der Waals surface area contributed by atoms with E-state index < -0.39 is 6.09 Å². The number of aryl methyl sites for hydroxylation is 1. The van der Waals surface area contributed by atoms with Crippen LogP contribution in [0.2, 0.25) is 0 Å². The quantitative estimate of drug-likeness (QED) is 0.662. The molecule has 0 aliphatic carbocycles. The van der Waals surface area contributed by atoms with E-state index in [0.29, 0.717) is 42.4 Å². The van der Waals surface area contributed by atoms with Crippen LogP contribution in [0.25, 0.3) is 5.65 Å². The van der Waals surface area contributed by atoms with Gasteiger partial charge >= 0.3 is 6.09 Å². The fourth-order valence-corrected chi connectivity index (χ4v) is 3.79. The van der Waals surface area contributed by atoms with Gasteiger partial charge in [-0.2, -0.15) is 0 Å². The minimum absolute atomic E-state index is 0.111. The van der Waals surface area contributed by atoms with Gasteiger partial charge in [-0.25, -0.2) is 14.8 Å². The van der Waals surface area contributed by atoms with Crippen molar-refractivity contribution < 1.29 is 19.4 Å². The molecule has 0 bridgehead atoms. The number of pyridine rings is 2. The van der Waals surface area contributed by atoms with E-state index in [0.717, 1.165) is 11.4 Å². The summed E-state index contributed by atoms with van der Waals surface area (Å²) in [4.78, 5) is 36.3. The number of piperazine rings is 1. The molecule has 31 heavy (non-hydrogen) atoms. The Bertz CT molecular complexity index is 1130. The molecule has 1 atom stereocenters. The van der Waals surface area contributed by atoms with Crippen LogP contribution in [-0.4, -0.2) is 69.2 Å². The Kier molecular flexibility index (Phi) is 5.37. The van der Waals surface area contributed by atoms with Gasteiger partial charge in [0.2, 0.25) is 0 Å². The van der Waals surface area contributed by atoms with Crippen molar-refractivity contribution in [1.82, 2.24) is 19.3 Å². The van der Waals surface area contributed by atoms with E-state index in [1.165, 1.54) is 12.0 Å². The van der Waals surface area contributed by atoms with Crippen LogP contribution in [0.3, 0.4) is 0 Å². The average molecular weight is 424 g/mol. The third kappa shape index (κ3) is 4.09. The lowest BCUT2D eigenvalue weighted by molar-refractivity contribution is 0.102. The molecule has 1 aliphatic rings. The molecule has 2 N–H and O–H groups in total. The normalized spacial score (nSPS) is 16.4. The third-order valence-electron chi connectivity index (χ3n) is 5.37. The number of hydrogen-bond donors (Lipinski definition) is 2. The van der Waals surface area contributed by atoms with Crippen molar-refractivity contribution in [2.75, 3.05) is 37.0 Å². The van der Waals surface area contributed by atoms with Crippen molar-refractivity contribution >= 4 is 29.2 Å². The molecule has 0 spiro atoms. The van der Waals surface area contributed by atoms with Crippen molar-refractivity contribution in [3.05, 3.63) is 48.0 Å². The van der Waals surface area contributed by atoms with Gasteiger partial charge in [-0.3, -0.25) is 4.79 Å². The van der Waals surface area contributed by atoms with Gasteiger partial charge in [-0.1, -0.05) is 0 Å². The standard InChI is InChI=1S/C21H24N6O4/c1-13-10-26-12-16(17(31-3)8-19(26)23-13)20(28)24-18-5-4-15(9-22-18)25-6-7-27(21(29)30)14(2)11-25/h4-5,8-10,12,14H,6-7,11H2,1-3H3,(H,29,30)(H,22,24,28). The molecule has 1 fully saturated rings. The predicted molar refractivity (Wildman–Crippen MR) is 115 cm³/mol. The maximum atomic E-state index is 12.8. The SMILES string of the molecule is COc1cc2nc(C)cn2cc1C(=O)Nc1ccc(N2CCN(C(=O)O)C(C)C2)cn1. The molecule has 0 radical (unpaired) electrons. The first-order chi connectivity index (χ1) is 14.9. The first-order valence-electron chi connectivity index (χ1n) is 9.91. The van der Waals surface area contributed by atoms with Gasteiger partial charge in [0, 0.05) is 44.1 Å². The fraction of sp³-hybridized carbons (Fsp3) is 0.333. The summed E-state index contributed by atoms with van der Waals surface area (Å²) in [6.45, 7) is 5.37. The van der Waals surface area contributed by atoms with Crippen molar-refractivity contribution in [3.8, 4) is 5.75 Å². The second-order valence-electron chi connectivity index (χ2n) is 7.53. The Morgan fingerprint density at radius 1 is 1.26 bits per heavy atom. The van der Waals surface area contributed by atoms with Crippen LogP contribution >= 0.6 is 0 Å². The van der Waals surface area contributed by atoms with Crippen LogP contribution in [0.1, 0.15) is 23.0 Å². The molecule has 1 aliphatic heterocycles. The van der Waals surface area contributed by atoms with Crippen molar-refractivity contribution in [2.45, 2.75) is 19.9 Å². The highest BCUT2D eigenvalue weighted by Gasteiger charge is 2.27. The highest BCUT2D eigenvalue weighted by atomic mass is 16.5. The van der Waals surface area contributed by atoms with E-state index in [9.17, 15) is 14.7 Å². The Morgan fingerprint density at radius 3 is 2.71 bits per heavy atom. The summed E-state index contributed by atoms with van der Waals surface area (Å²) in [5, 5.41) is 12.0. The summed E-state index contributed by atoms with van der Waals surface area (Å²) in [6.07, 6.45) is 4.30. The number of rotatable bonds is 4. The molecular weight excluding hydrogens is 400 g/mol. The van der Waals surface area contributed by atoms with Crippen LogP contribution in [0.4, 0.5) is 16.3 Å². The number of ether oxygens (including phenoxy) is 1. The van der Waals surface area contributed by atoms with Crippen molar-refractivity contribution in [3.63, 3.8) is 0 Å². The van der Waals surface area contributed by atoms with Gasteiger partial charge in [0.1, 0.15) is 17.2 Å². The van der Waals surface area contributed by atoms with E-state index in [2.05, 4.69) is 20.2 Å². The van der Waals surface area contributed by atoms with Gasteiger partial charge in [0.15, 0.2) is 0 Å². The molecule has 3 aromatic rings. The van der Waals surface area contributed by atoms with Gasteiger partial charge in [0.05, 0.1) is 30.3 Å². The van der Waals surface area contributed by atoms with Gasteiger partial charge in [-0.05, 0) is 26.0 Å². The number of carbonyl (C=O) groups is 2. The fourth-order valence-electron chi connectivity index (χ4n) is 3.79. The summed E-state index contributed by atoms with van der Waals surface area (Å²) < 4.78 is 7.15. The van der Waals surface area contributed by atoms with Crippen LogP contribution in [0, 0.1) is 6.92 Å². The van der Waals surface area contributed by atoms with Gasteiger partial charge in [0.25, 0.3) is 5.91 Å². The summed E-state index contributed by atoms with van der Waals surface area (Å²) in [5.41, 5.74) is 2.79. The number of imidazole rings is 1. The number of carboxylic acid groups (broad SMARTS) is 1. The molecular formula is C21H24N6O4. The van der Waals surface area contributed by atoms with Crippen molar-refractivity contribution in [2.24, 2.45) is 0 Å². The Balaban J connectivity index is 1.47. The number of nitrogens with one attached hydrogen (secondary N) is 1. The maximum absolute atomic E-state index is 12.8. The zero-order valence-electron chi connectivity index (χ0n) is 17.6. The van der Waals surface area contributed by atoms with Crippen LogP contribution < -0.4 is 15.0 Å². The first-order valence-corrected chi connectivity index (χ1v) is 9.91. The first kappa shape index (κ1) is 20.5. The number of nitrogens with zero attached hydrogens (tertiary/aromatic N) is 5. The Morgan fingerprint density at radius 2 is 2.06 bits per heavy atom. The zero-order valence-corrected chi connectivity index (χ0v) is 17.6. The highest BCUT2D eigenvalue weighted by Crippen LogP contribution is 2.23. The monoisotopic (exact) mass is 424 g/mol. The predicted octanol–water partition coefficient (Wildman–Crippen LogP) is 2.49.